The normalized spacial score (nSPS) is 15.1. The number of nitrogens with two attached hydrogens (primary N) is 1. The number of carbonyl (C=O) groups is 4. The Kier molecular flexibility index (Phi) is 10.5. The minimum Gasteiger partial charge on any atom is -0.480 e. The highest BCUT2D eigenvalue weighted by molar-refractivity contribution is 7.80. The maximum atomic E-state index is 12.9. The van der Waals surface area contributed by atoms with Crippen LogP contribution in [0.5, 0.6) is 0 Å². The zero-order valence-corrected chi connectivity index (χ0v) is 19.0. The van der Waals surface area contributed by atoms with E-state index in [1.54, 1.807) is 27.7 Å². The third kappa shape index (κ3) is 8.21. The Bertz CT molecular complexity index is 755. The molecule has 0 aliphatic carbocycles. The van der Waals surface area contributed by atoms with Crippen LogP contribution in [-0.4, -0.2) is 68.7 Å². The minimum absolute atomic E-state index is 0.0525. The fourth-order valence-corrected chi connectivity index (χ4v) is 2.90. The molecule has 12 heteroatoms. The quantitative estimate of drug-likeness (QED) is 0.198. The zero-order chi connectivity index (χ0) is 23.7. The molecule has 3 amide bonds. The summed E-state index contributed by atoms with van der Waals surface area (Å²) < 4.78 is 0. The molecule has 0 fully saturated rings. The second kappa shape index (κ2) is 12.3. The van der Waals surface area contributed by atoms with Gasteiger partial charge in [0.05, 0.1) is 12.4 Å². The van der Waals surface area contributed by atoms with Crippen LogP contribution in [0.2, 0.25) is 0 Å². The van der Waals surface area contributed by atoms with E-state index in [0.717, 1.165) is 0 Å². The zero-order valence-electron chi connectivity index (χ0n) is 18.1. The van der Waals surface area contributed by atoms with Crippen molar-refractivity contribution in [2.24, 2.45) is 17.6 Å². The van der Waals surface area contributed by atoms with Gasteiger partial charge in [-0.05, 0) is 11.8 Å². The number of thiol groups is 1. The lowest BCUT2D eigenvalue weighted by Crippen LogP contribution is -2.59. The molecule has 0 aliphatic rings. The van der Waals surface area contributed by atoms with E-state index >= 15 is 0 Å². The lowest BCUT2D eigenvalue weighted by molar-refractivity contribution is -0.143. The van der Waals surface area contributed by atoms with Gasteiger partial charge in [0, 0.05) is 24.1 Å². The van der Waals surface area contributed by atoms with Crippen LogP contribution in [0.15, 0.2) is 12.5 Å². The molecular weight excluding hydrogens is 424 g/mol. The number of hydrogen-bond acceptors (Lipinski definition) is 7. The predicted octanol–water partition coefficient (Wildman–Crippen LogP) is -0.940. The molecule has 1 rings (SSSR count). The summed E-state index contributed by atoms with van der Waals surface area (Å²) in [7, 11) is 0. The molecule has 1 aromatic heterocycles. The summed E-state index contributed by atoms with van der Waals surface area (Å²) in [5, 5.41) is 17.0. The molecule has 174 valence electrons. The Balaban J connectivity index is 3.03. The fraction of sp³-hybridized carbons (Fsp3) is 0.632. The van der Waals surface area contributed by atoms with E-state index < -0.39 is 47.9 Å². The van der Waals surface area contributed by atoms with Gasteiger partial charge in [0.2, 0.25) is 17.7 Å². The average molecular weight is 457 g/mol. The van der Waals surface area contributed by atoms with Crippen molar-refractivity contribution in [3.63, 3.8) is 0 Å². The highest BCUT2D eigenvalue weighted by Crippen LogP contribution is 2.07. The van der Waals surface area contributed by atoms with Gasteiger partial charge in [0.25, 0.3) is 0 Å². The van der Waals surface area contributed by atoms with E-state index in [1.807, 2.05) is 0 Å². The largest absolute Gasteiger partial charge is 0.480 e. The van der Waals surface area contributed by atoms with Gasteiger partial charge >= 0.3 is 5.97 Å². The van der Waals surface area contributed by atoms with E-state index in [4.69, 9.17) is 5.73 Å². The molecule has 1 aromatic rings. The van der Waals surface area contributed by atoms with Crippen molar-refractivity contribution >= 4 is 36.3 Å². The molecule has 0 spiro atoms. The van der Waals surface area contributed by atoms with Gasteiger partial charge in [0.15, 0.2) is 0 Å². The molecular formula is C19H32N6O5S. The number of aromatic nitrogens is 2. The number of nitrogens with one attached hydrogen (secondary N) is 4. The standard InChI is InChI=1S/C19H32N6O5S/c1-9(2)14(24-16(26)12(20)7-31)18(28)23-13(5-11-6-21-8-22-11)17(27)25-15(10(3)4)19(29)30/h6,8-10,12-15,31H,5,7,20H2,1-4H3,(H,21,22)(H,23,28)(H,24,26)(H,25,27)(H,29,30). The third-order valence-electron chi connectivity index (χ3n) is 4.62. The lowest BCUT2D eigenvalue weighted by Gasteiger charge is -2.27. The second-order valence-corrected chi connectivity index (χ2v) is 8.30. The number of rotatable bonds is 12. The van der Waals surface area contributed by atoms with Crippen LogP contribution in [-0.2, 0) is 25.6 Å². The SMILES string of the molecule is CC(C)C(NC(=O)C(Cc1cnc[nH]1)NC(=O)C(NC(=O)C(N)CS)C(C)C)C(=O)O. The van der Waals surface area contributed by atoms with Gasteiger partial charge in [-0.2, -0.15) is 12.6 Å². The molecule has 0 radical (unpaired) electrons. The number of carboxylic acids is 1. The molecule has 0 saturated carbocycles. The fourth-order valence-electron chi connectivity index (χ4n) is 2.73. The first-order chi connectivity index (χ1) is 14.5. The maximum Gasteiger partial charge on any atom is 0.326 e. The number of aliphatic carboxylic acids is 1. The average Bonchev–Trinajstić information content (AvgIpc) is 3.20. The minimum atomic E-state index is -1.18. The number of nitrogens with zero attached hydrogens (tertiary/aromatic N) is 1. The number of imidazole rings is 1. The van der Waals surface area contributed by atoms with E-state index in [0.29, 0.717) is 5.69 Å². The van der Waals surface area contributed by atoms with Gasteiger partial charge < -0.3 is 31.8 Å². The Hall–Kier alpha value is -2.60. The molecule has 4 atom stereocenters. The lowest BCUT2D eigenvalue weighted by atomic mass is 10.0. The number of amides is 3. The number of hydrogen-bond donors (Lipinski definition) is 7. The Morgan fingerprint density at radius 2 is 1.61 bits per heavy atom. The predicted molar refractivity (Wildman–Crippen MR) is 117 cm³/mol. The first-order valence-corrected chi connectivity index (χ1v) is 10.6. The molecule has 11 nitrogen and oxygen atoms in total. The van der Waals surface area contributed by atoms with Crippen molar-refractivity contribution < 1.29 is 24.3 Å². The number of H-pyrrole nitrogens is 1. The molecule has 0 aromatic carbocycles. The van der Waals surface area contributed by atoms with Gasteiger partial charge in [0.1, 0.15) is 18.1 Å². The van der Waals surface area contributed by atoms with Crippen LogP contribution in [0.4, 0.5) is 0 Å². The van der Waals surface area contributed by atoms with Crippen LogP contribution in [0.25, 0.3) is 0 Å². The van der Waals surface area contributed by atoms with Crippen LogP contribution in [0.1, 0.15) is 33.4 Å². The van der Waals surface area contributed by atoms with E-state index in [2.05, 4.69) is 38.5 Å². The summed E-state index contributed by atoms with van der Waals surface area (Å²) in [6.07, 6.45) is 2.98. The summed E-state index contributed by atoms with van der Waals surface area (Å²) in [5.41, 5.74) is 6.23. The monoisotopic (exact) mass is 456 g/mol. The van der Waals surface area contributed by atoms with Gasteiger partial charge in [-0.1, -0.05) is 27.7 Å². The highest BCUT2D eigenvalue weighted by Gasteiger charge is 2.32. The molecule has 1 heterocycles. The summed E-state index contributed by atoms with van der Waals surface area (Å²) in [6, 6.07) is -4.05. The third-order valence-corrected chi connectivity index (χ3v) is 5.02. The first kappa shape index (κ1) is 26.4. The van der Waals surface area contributed by atoms with Crippen LogP contribution >= 0.6 is 12.6 Å². The summed E-state index contributed by atoms with van der Waals surface area (Å²) in [5.74, 6) is -3.53. The van der Waals surface area contributed by atoms with Crippen molar-refractivity contribution in [2.45, 2.75) is 58.3 Å². The topological polar surface area (TPSA) is 179 Å². The second-order valence-electron chi connectivity index (χ2n) is 7.93. The van der Waals surface area contributed by atoms with Crippen molar-refractivity contribution in [2.75, 3.05) is 5.75 Å². The van der Waals surface area contributed by atoms with Crippen molar-refractivity contribution in [3.05, 3.63) is 18.2 Å². The Morgan fingerprint density at radius 1 is 1.03 bits per heavy atom. The summed E-state index contributed by atoms with van der Waals surface area (Å²) in [6.45, 7) is 6.80. The Labute approximate surface area is 186 Å². The van der Waals surface area contributed by atoms with E-state index in [-0.39, 0.29) is 24.0 Å². The number of carboxylic acid groups (broad SMARTS) is 1. The smallest absolute Gasteiger partial charge is 0.326 e. The van der Waals surface area contributed by atoms with Gasteiger partial charge in [-0.25, -0.2) is 9.78 Å². The molecule has 4 unspecified atom stereocenters. The van der Waals surface area contributed by atoms with Crippen LogP contribution in [0.3, 0.4) is 0 Å². The number of aromatic amines is 1. The van der Waals surface area contributed by atoms with Crippen LogP contribution in [0, 0.1) is 11.8 Å². The van der Waals surface area contributed by atoms with Gasteiger partial charge in [-0.3, -0.25) is 14.4 Å². The number of carbonyl (C=O) groups excluding carboxylic acids is 3. The van der Waals surface area contributed by atoms with Crippen molar-refractivity contribution in [1.82, 2.24) is 25.9 Å². The van der Waals surface area contributed by atoms with Crippen molar-refractivity contribution in [1.29, 1.82) is 0 Å². The molecule has 31 heavy (non-hydrogen) atoms. The maximum absolute atomic E-state index is 12.9. The molecule has 0 aliphatic heterocycles. The molecule has 0 saturated heterocycles. The highest BCUT2D eigenvalue weighted by atomic mass is 32.1. The van der Waals surface area contributed by atoms with Crippen molar-refractivity contribution in [3.8, 4) is 0 Å². The van der Waals surface area contributed by atoms with Gasteiger partial charge in [-0.15, -0.1) is 0 Å². The van der Waals surface area contributed by atoms with E-state index in [1.165, 1.54) is 12.5 Å². The summed E-state index contributed by atoms with van der Waals surface area (Å²) in [4.78, 5) is 56.1. The molecule has 7 N–H and O–H groups in total. The first-order valence-electron chi connectivity index (χ1n) is 9.95. The van der Waals surface area contributed by atoms with E-state index in [9.17, 15) is 24.3 Å². The molecule has 0 bridgehead atoms. The Morgan fingerprint density at radius 3 is 2.06 bits per heavy atom. The van der Waals surface area contributed by atoms with Crippen LogP contribution < -0.4 is 21.7 Å². The summed E-state index contributed by atoms with van der Waals surface area (Å²) >= 11 is 3.98.